The van der Waals surface area contributed by atoms with Crippen molar-refractivity contribution < 1.29 is 24.0 Å². The molecule has 9 nitrogen and oxygen atoms in total. The van der Waals surface area contributed by atoms with E-state index in [9.17, 15) is 19.7 Å². The molecule has 0 aliphatic carbocycles. The van der Waals surface area contributed by atoms with Gasteiger partial charge in [0.15, 0.2) is 6.61 Å². The van der Waals surface area contributed by atoms with Crippen LogP contribution in [0.5, 0.6) is 11.5 Å². The lowest BCUT2D eigenvalue weighted by Gasteiger charge is -2.31. The molecule has 9 heteroatoms. The van der Waals surface area contributed by atoms with Gasteiger partial charge in [-0.25, -0.2) is 0 Å². The minimum absolute atomic E-state index is 0.0242. The van der Waals surface area contributed by atoms with Gasteiger partial charge in [0.25, 0.3) is 5.91 Å². The Morgan fingerprint density at radius 1 is 0.974 bits per heavy atom. The van der Waals surface area contributed by atoms with Gasteiger partial charge in [0.2, 0.25) is 11.7 Å². The van der Waals surface area contributed by atoms with Crippen molar-refractivity contribution in [1.29, 1.82) is 0 Å². The average Bonchev–Trinajstić information content (AvgIpc) is 2.93. The van der Waals surface area contributed by atoms with Crippen molar-refractivity contribution >= 4 is 17.5 Å². The molecule has 38 heavy (non-hydrogen) atoms. The Kier molecular flexibility index (Phi) is 10.2. The Balaban J connectivity index is 1.88. The molecule has 1 unspecified atom stereocenters. The summed E-state index contributed by atoms with van der Waals surface area (Å²) in [6.45, 7) is 4.34. The number of amides is 2. The Labute approximate surface area is 222 Å². The smallest absolute Gasteiger partial charge is 0.311 e. The molecule has 0 heterocycles. The molecular weight excluding hydrogens is 486 g/mol. The number of nitrogens with zero attached hydrogens (tertiary/aromatic N) is 2. The lowest BCUT2D eigenvalue weighted by molar-refractivity contribution is -0.385. The maximum atomic E-state index is 13.6. The zero-order valence-corrected chi connectivity index (χ0v) is 21.8. The van der Waals surface area contributed by atoms with Crippen molar-refractivity contribution in [2.45, 2.75) is 32.9 Å². The highest BCUT2D eigenvalue weighted by Gasteiger charge is 2.31. The molecule has 0 saturated heterocycles. The van der Waals surface area contributed by atoms with Crippen molar-refractivity contribution in [2.75, 3.05) is 20.3 Å². The Bertz CT molecular complexity index is 1220. The molecule has 1 atom stereocenters. The molecule has 0 spiro atoms. The quantitative estimate of drug-likeness (QED) is 0.265. The van der Waals surface area contributed by atoms with Crippen LogP contribution >= 0.6 is 0 Å². The standard InChI is InChI=1S/C29H33N3O6/c1-21(2)18-30-29(34)26(16-22-10-6-4-7-11-22)31(19-23-12-8-5-9-13-23)28(33)20-38-24-14-15-25(32(35)36)27(17-24)37-3/h4-15,17,21,26H,16,18-20H2,1-3H3,(H,30,34). The topological polar surface area (TPSA) is 111 Å². The molecule has 0 fully saturated rings. The summed E-state index contributed by atoms with van der Waals surface area (Å²) in [5.74, 6) is -0.133. The fourth-order valence-electron chi connectivity index (χ4n) is 3.88. The van der Waals surface area contributed by atoms with Crippen LogP contribution in [0.3, 0.4) is 0 Å². The number of benzene rings is 3. The van der Waals surface area contributed by atoms with Crippen LogP contribution in [0.25, 0.3) is 0 Å². The second-order valence-electron chi connectivity index (χ2n) is 9.23. The number of hydrogen-bond acceptors (Lipinski definition) is 6. The van der Waals surface area contributed by atoms with Crippen molar-refractivity contribution in [3.63, 3.8) is 0 Å². The molecule has 0 aliphatic rings. The molecular formula is C29H33N3O6. The van der Waals surface area contributed by atoms with Crippen LogP contribution in [0.4, 0.5) is 5.69 Å². The average molecular weight is 520 g/mol. The van der Waals surface area contributed by atoms with E-state index in [1.165, 1.54) is 30.2 Å². The number of carbonyl (C=O) groups excluding carboxylic acids is 2. The van der Waals surface area contributed by atoms with E-state index in [-0.39, 0.29) is 42.2 Å². The number of methoxy groups -OCH3 is 1. The minimum atomic E-state index is -0.779. The van der Waals surface area contributed by atoms with Crippen molar-refractivity contribution in [3.8, 4) is 11.5 Å². The maximum Gasteiger partial charge on any atom is 0.311 e. The van der Waals surface area contributed by atoms with E-state index in [1.807, 2.05) is 74.5 Å². The Hall–Kier alpha value is -4.40. The van der Waals surface area contributed by atoms with E-state index in [0.717, 1.165) is 11.1 Å². The molecule has 2 amide bonds. The van der Waals surface area contributed by atoms with Gasteiger partial charge in [-0.05, 0) is 23.1 Å². The van der Waals surface area contributed by atoms with Gasteiger partial charge in [0.1, 0.15) is 11.8 Å². The molecule has 3 aromatic rings. The molecule has 3 rings (SSSR count). The summed E-state index contributed by atoms with van der Waals surface area (Å²) in [6.07, 6.45) is 0.328. The van der Waals surface area contributed by atoms with Crippen LogP contribution in [-0.2, 0) is 22.6 Å². The van der Waals surface area contributed by atoms with Gasteiger partial charge < -0.3 is 19.7 Å². The third-order valence-electron chi connectivity index (χ3n) is 5.86. The molecule has 0 aliphatic heterocycles. The summed E-state index contributed by atoms with van der Waals surface area (Å²) in [7, 11) is 1.32. The fraction of sp³-hybridized carbons (Fsp3) is 0.310. The number of rotatable bonds is 13. The van der Waals surface area contributed by atoms with Gasteiger partial charge in [-0.2, -0.15) is 0 Å². The summed E-state index contributed by atoms with van der Waals surface area (Å²) in [5, 5.41) is 14.2. The highest BCUT2D eigenvalue weighted by atomic mass is 16.6. The van der Waals surface area contributed by atoms with Crippen molar-refractivity contribution in [3.05, 3.63) is 100 Å². The van der Waals surface area contributed by atoms with E-state index in [1.54, 1.807) is 0 Å². The third-order valence-corrected chi connectivity index (χ3v) is 5.86. The van der Waals surface area contributed by atoms with Gasteiger partial charge in [0.05, 0.1) is 12.0 Å². The third kappa shape index (κ3) is 8.06. The predicted molar refractivity (Wildman–Crippen MR) is 144 cm³/mol. The van der Waals surface area contributed by atoms with Crippen LogP contribution in [0.1, 0.15) is 25.0 Å². The normalized spacial score (nSPS) is 11.5. The van der Waals surface area contributed by atoms with Gasteiger partial charge in [-0.1, -0.05) is 74.5 Å². The van der Waals surface area contributed by atoms with Crippen molar-refractivity contribution in [1.82, 2.24) is 10.2 Å². The summed E-state index contributed by atoms with van der Waals surface area (Å²) in [5.41, 5.74) is 1.58. The van der Waals surface area contributed by atoms with Gasteiger partial charge in [0, 0.05) is 31.6 Å². The van der Waals surface area contributed by atoms with Crippen LogP contribution < -0.4 is 14.8 Å². The second-order valence-corrected chi connectivity index (χ2v) is 9.23. The van der Waals surface area contributed by atoms with E-state index in [4.69, 9.17) is 9.47 Å². The lowest BCUT2D eigenvalue weighted by atomic mass is 10.0. The van der Waals surface area contributed by atoms with Gasteiger partial charge in [-0.15, -0.1) is 0 Å². The Morgan fingerprint density at radius 3 is 2.18 bits per heavy atom. The lowest BCUT2D eigenvalue weighted by Crippen LogP contribution is -2.52. The van der Waals surface area contributed by atoms with E-state index in [2.05, 4.69) is 5.32 Å². The van der Waals surface area contributed by atoms with E-state index in [0.29, 0.717) is 13.0 Å². The molecule has 0 aromatic heterocycles. The van der Waals surface area contributed by atoms with Crippen LogP contribution in [0.15, 0.2) is 78.9 Å². The molecule has 0 bridgehead atoms. The Morgan fingerprint density at radius 2 is 1.61 bits per heavy atom. The summed E-state index contributed by atoms with van der Waals surface area (Å²) in [6, 6.07) is 22.2. The number of nitro benzene ring substituents is 1. The molecule has 200 valence electrons. The molecule has 1 N–H and O–H groups in total. The van der Waals surface area contributed by atoms with Crippen LogP contribution in [0.2, 0.25) is 0 Å². The summed E-state index contributed by atoms with van der Waals surface area (Å²) >= 11 is 0. The number of carbonyl (C=O) groups is 2. The minimum Gasteiger partial charge on any atom is -0.490 e. The maximum absolute atomic E-state index is 13.6. The van der Waals surface area contributed by atoms with Gasteiger partial charge in [-0.3, -0.25) is 19.7 Å². The SMILES string of the molecule is COc1cc(OCC(=O)N(Cc2ccccc2)C(Cc2ccccc2)C(=O)NCC(C)C)ccc1[N+](=O)[O-]. The second kappa shape index (κ2) is 13.8. The monoisotopic (exact) mass is 519 g/mol. The van der Waals surface area contributed by atoms with E-state index >= 15 is 0 Å². The number of hydrogen-bond donors (Lipinski definition) is 1. The van der Waals surface area contributed by atoms with Crippen LogP contribution in [0, 0.1) is 16.0 Å². The first kappa shape index (κ1) is 28.2. The van der Waals surface area contributed by atoms with Crippen LogP contribution in [-0.4, -0.2) is 47.9 Å². The molecule has 0 radical (unpaired) electrons. The zero-order valence-electron chi connectivity index (χ0n) is 21.8. The highest BCUT2D eigenvalue weighted by Crippen LogP contribution is 2.30. The number of ether oxygens (including phenoxy) is 2. The fourth-order valence-corrected chi connectivity index (χ4v) is 3.88. The molecule has 0 saturated carbocycles. The summed E-state index contributed by atoms with van der Waals surface area (Å²) < 4.78 is 10.8. The first-order valence-corrected chi connectivity index (χ1v) is 12.4. The first-order valence-electron chi connectivity index (χ1n) is 12.4. The first-order chi connectivity index (χ1) is 18.3. The number of nitro groups is 1. The largest absolute Gasteiger partial charge is 0.490 e. The highest BCUT2D eigenvalue weighted by molar-refractivity contribution is 5.88. The van der Waals surface area contributed by atoms with Gasteiger partial charge >= 0.3 is 5.69 Å². The zero-order chi connectivity index (χ0) is 27.5. The number of nitrogens with one attached hydrogen (secondary N) is 1. The van der Waals surface area contributed by atoms with E-state index < -0.39 is 16.9 Å². The summed E-state index contributed by atoms with van der Waals surface area (Å²) in [4.78, 5) is 39.2. The van der Waals surface area contributed by atoms with Crippen molar-refractivity contribution in [2.24, 2.45) is 5.92 Å². The molecule has 3 aromatic carbocycles. The predicted octanol–water partition coefficient (Wildman–Crippen LogP) is 4.39.